The second-order valence-electron chi connectivity index (χ2n) is 11.0. The summed E-state index contributed by atoms with van der Waals surface area (Å²) in [6.45, 7) is 4.45. The average Bonchev–Trinajstić information content (AvgIpc) is 2.82. The first-order chi connectivity index (χ1) is 15.7. The predicted molar refractivity (Wildman–Crippen MR) is 138 cm³/mol. The maximum Gasteiger partial charge on any atom is 0.126 e. The fourth-order valence-electron chi connectivity index (χ4n) is 6.42. The molecule has 0 aliphatic heterocycles. The topological polar surface area (TPSA) is 0 Å². The normalized spacial score (nSPS) is 19.5. The molecule has 0 amide bonds. The summed E-state index contributed by atoms with van der Waals surface area (Å²) < 4.78 is 14.9. The molecule has 1 saturated carbocycles. The summed E-state index contributed by atoms with van der Waals surface area (Å²) in [6, 6.07) is 6.24. The van der Waals surface area contributed by atoms with Gasteiger partial charge in [-0.2, -0.15) is 0 Å². The smallest absolute Gasteiger partial charge is 0.126 e. The van der Waals surface area contributed by atoms with Crippen LogP contribution in [0.1, 0.15) is 146 Å². The molecule has 1 fully saturated rings. The van der Waals surface area contributed by atoms with E-state index in [4.69, 9.17) is 0 Å². The van der Waals surface area contributed by atoms with Crippen LogP contribution in [0.4, 0.5) is 4.39 Å². The standard InChI is InChI=1S/C31H49F/c1-3-5-6-11-20-31(21-12-8-13-22-31)23-19-29(24-26-15-9-7-10-16-26)28-18-17-27(14-4-2)30(32)25-28/h15,17-18,25,29H,3-14,16,19-24H2,1-2H3. The lowest BCUT2D eigenvalue weighted by atomic mass is 9.66. The minimum atomic E-state index is 0.0268. The molecule has 2 aliphatic carbocycles. The highest BCUT2D eigenvalue weighted by molar-refractivity contribution is 5.28. The van der Waals surface area contributed by atoms with Gasteiger partial charge in [0, 0.05) is 0 Å². The molecule has 0 N–H and O–H groups in total. The molecule has 2 aliphatic rings. The molecular weight excluding hydrogens is 391 g/mol. The molecule has 0 aromatic heterocycles. The van der Waals surface area contributed by atoms with Crippen LogP contribution in [-0.4, -0.2) is 0 Å². The molecule has 1 atom stereocenters. The van der Waals surface area contributed by atoms with E-state index in [9.17, 15) is 4.39 Å². The van der Waals surface area contributed by atoms with Crippen LogP contribution in [0.25, 0.3) is 0 Å². The molecule has 3 rings (SSSR count). The van der Waals surface area contributed by atoms with Crippen LogP contribution in [0.2, 0.25) is 0 Å². The van der Waals surface area contributed by atoms with Gasteiger partial charge in [-0.15, -0.1) is 0 Å². The van der Waals surface area contributed by atoms with Gasteiger partial charge in [0.15, 0.2) is 0 Å². The van der Waals surface area contributed by atoms with Crippen LogP contribution in [-0.2, 0) is 6.42 Å². The molecule has 1 heteroatoms. The van der Waals surface area contributed by atoms with E-state index in [-0.39, 0.29) is 5.82 Å². The number of allylic oxidation sites excluding steroid dienone is 2. The summed E-state index contributed by atoms with van der Waals surface area (Å²) >= 11 is 0. The number of unbranched alkanes of at least 4 members (excludes halogenated alkanes) is 3. The van der Waals surface area contributed by atoms with E-state index < -0.39 is 0 Å². The van der Waals surface area contributed by atoms with Crippen LogP contribution in [0.5, 0.6) is 0 Å². The number of hydrogen-bond acceptors (Lipinski definition) is 0. The largest absolute Gasteiger partial charge is 0.207 e. The summed E-state index contributed by atoms with van der Waals surface area (Å²) in [4.78, 5) is 0. The van der Waals surface area contributed by atoms with Crippen molar-refractivity contribution in [2.75, 3.05) is 0 Å². The van der Waals surface area contributed by atoms with Gasteiger partial charge in [-0.1, -0.05) is 89.0 Å². The zero-order chi connectivity index (χ0) is 22.7. The van der Waals surface area contributed by atoms with Crippen molar-refractivity contribution in [1.82, 2.24) is 0 Å². The Morgan fingerprint density at radius 1 is 0.906 bits per heavy atom. The van der Waals surface area contributed by atoms with Crippen molar-refractivity contribution < 1.29 is 4.39 Å². The van der Waals surface area contributed by atoms with Gasteiger partial charge in [-0.25, -0.2) is 4.39 Å². The number of halogens is 1. The maximum absolute atomic E-state index is 14.9. The summed E-state index contributed by atoms with van der Waals surface area (Å²) in [5.41, 5.74) is 4.35. The summed E-state index contributed by atoms with van der Waals surface area (Å²) in [5.74, 6) is 0.512. The zero-order valence-corrected chi connectivity index (χ0v) is 21.2. The summed E-state index contributed by atoms with van der Waals surface area (Å²) in [6.07, 6.45) is 27.3. The highest BCUT2D eigenvalue weighted by Crippen LogP contribution is 2.47. The van der Waals surface area contributed by atoms with Crippen LogP contribution in [0, 0.1) is 11.2 Å². The molecule has 0 heterocycles. The van der Waals surface area contributed by atoms with Crippen LogP contribution >= 0.6 is 0 Å². The third-order valence-electron chi connectivity index (χ3n) is 8.46. The Labute approximate surface area is 198 Å². The SMILES string of the molecule is CCCCCCC1(CCC(CC2=CCCCC2)c2ccc(CCC)c(F)c2)CCCCC1. The van der Waals surface area contributed by atoms with Gasteiger partial charge < -0.3 is 0 Å². The van der Waals surface area contributed by atoms with Gasteiger partial charge in [0.1, 0.15) is 5.82 Å². The average molecular weight is 441 g/mol. The maximum atomic E-state index is 14.9. The number of benzene rings is 1. The fraction of sp³-hybridized carbons (Fsp3) is 0.742. The van der Waals surface area contributed by atoms with Crippen molar-refractivity contribution in [3.05, 3.63) is 46.8 Å². The first kappa shape index (κ1) is 25.5. The second-order valence-corrected chi connectivity index (χ2v) is 11.0. The van der Waals surface area contributed by atoms with Crippen LogP contribution < -0.4 is 0 Å². The van der Waals surface area contributed by atoms with Crippen LogP contribution in [0.3, 0.4) is 0 Å². The van der Waals surface area contributed by atoms with E-state index in [2.05, 4.69) is 32.1 Å². The van der Waals surface area contributed by atoms with E-state index in [1.165, 1.54) is 108 Å². The van der Waals surface area contributed by atoms with Crippen molar-refractivity contribution >= 4 is 0 Å². The lowest BCUT2D eigenvalue weighted by Gasteiger charge is -2.39. The molecule has 1 unspecified atom stereocenters. The monoisotopic (exact) mass is 440 g/mol. The van der Waals surface area contributed by atoms with Crippen molar-refractivity contribution in [2.45, 2.75) is 142 Å². The summed E-state index contributed by atoms with van der Waals surface area (Å²) in [5, 5.41) is 0. The number of hydrogen-bond donors (Lipinski definition) is 0. The van der Waals surface area contributed by atoms with Gasteiger partial charge in [0.05, 0.1) is 0 Å². The van der Waals surface area contributed by atoms with Gasteiger partial charge in [0.2, 0.25) is 0 Å². The zero-order valence-electron chi connectivity index (χ0n) is 21.2. The molecule has 180 valence electrons. The minimum absolute atomic E-state index is 0.0268. The quantitative estimate of drug-likeness (QED) is 0.211. The Bertz CT molecular complexity index is 694. The van der Waals surface area contributed by atoms with E-state index in [1.807, 2.05) is 6.07 Å². The molecule has 32 heavy (non-hydrogen) atoms. The molecule has 0 radical (unpaired) electrons. The van der Waals surface area contributed by atoms with E-state index >= 15 is 0 Å². The Hall–Kier alpha value is -1.11. The van der Waals surface area contributed by atoms with Crippen molar-refractivity contribution in [3.63, 3.8) is 0 Å². The minimum Gasteiger partial charge on any atom is -0.207 e. The highest BCUT2D eigenvalue weighted by atomic mass is 19.1. The fourth-order valence-corrected chi connectivity index (χ4v) is 6.42. The number of rotatable bonds is 13. The molecule has 1 aromatic rings. The Kier molecular flexibility index (Phi) is 10.8. The van der Waals surface area contributed by atoms with E-state index in [0.29, 0.717) is 11.3 Å². The first-order valence-corrected chi connectivity index (χ1v) is 14.1. The van der Waals surface area contributed by atoms with E-state index in [0.717, 1.165) is 24.8 Å². The number of aryl methyl sites for hydroxylation is 1. The van der Waals surface area contributed by atoms with Crippen LogP contribution in [0.15, 0.2) is 29.8 Å². The Morgan fingerprint density at radius 3 is 2.44 bits per heavy atom. The van der Waals surface area contributed by atoms with Crippen molar-refractivity contribution in [2.24, 2.45) is 5.41 Å². The molecule has 0 nitrogen and oxygen atoms in total. The van der Waals surface area contributed by atoms with Crippen molar-refractivity contribution in [1.29, 1.82) is 0 Å². The van der Waals surface area contributed by atoms with Crippen molar-refractivity contribution in [3.8, 4) is 0 Å². The van der Waals surface area contributed by atoms with Gasteiger partial charge in [-0.3, -0.25) is 0 Å². The Morgan fingerprint density at radius 2 is 1.75 bits per heavy atom. The van der Waals surface area contributed by atoms with Gasteiger partial charge in [0.25, 0.3) is 0 Å². The molecule has 1 aromatic carbocycles. The Balaban J connectivity index is 1.73. The van der Waals surface area contributed by atoms with Gasteiger partial charge >= 0.3 is 0 Å². The molecule has 0 saturated heterocycles. The van der Waals surface area contributed by atoms with Gasteiger partial charge in [-0.05, 0) is 99.2 Å². The third-order valence-corrected chi connectivity index (χ3v) is 8.46. The predicted octanol–water partition coefficient (Wildman–Crippen LogP) is 10.5. The lowest BCUT2D eigenvalue weighted by Crippen LogP contribution is -2.25. The van der Waals surface area contributed by atoms with E-state index in [1.54, 1.807) is 5.57 Å². The molecule has 0 bridgehead atoms. The molecular formula is C31H49F. The highest BCUT2D eigenvalue weighted by Gasteiger charge is 2.32. The first-order valence-electron chi connectivity index (χ1n) is 14.1. The second kappa shape index (κ2) is 13.6. The lowest BCUT2D eigenvalue weighted by molar-refractivity contribution is 0.144. The molecule has 0 spiro atoms. The third kappa shape index (κ3) is 7.74. The summed E-state index contributed by atoms with van der Waals surface area (Å²) in [7, 11) is 0.